The van der Waals surface area contributed by atoms with Gasteiger partial charge in [0.1, 0.15) is 0 Å². The lowest BCUT2D eigenvalue weighted by Gasteiger charge is -2.12. The van der Waals surface area contributed by atoms with E-state index < -0.39 is 0 Å². The standard InChI is InChI=1S/C14H21Cl2N/c1-3-8-17-10-11(2)4-5-12-6-7-13(15)14(16)9-12/h6-7,9,11,17H,3-5,8,10H2,1-2H3. The van der Waals surface area contributed by atoms with Crippen molar-refractivity contribution in [1.29, 1.82) is 0 Å². The number of halogens is 2. The van der Waals surface area contributed by atoms with Gasteiger partial charge in [0, 0.05) is 0 Å². The molecule has 1 unspecified atom stereocenters. The fourth-order valence-electron chi connectivity index (χ4n) is 1.74. The van der Waals surface area contributed by atoms with E-state index in [-0.39, 0.29) is 0 Å². The number of benzene rings is 1. The highest BCUT2D eigenvalue weighted by Crippen LogP contribution is 2.23. The average molecular weight is 274 g/mol. The first-order chi connectivity index (χ1) is 8.13. The highest BCUT2D eigenvalue weighted by Gasteiger charge is 2.04. The van der Waals surface area contributed by atoms with Gasteiger partial charge in [-0.3, -0.25) is 0 Å². The molecule has 0 aromatic heterocycles. The first kappa shape index (κ1) is 14.8. The molecule has 0 spiro atoms. The summed E-state index contributed by atoms with van der Waals surface area (Å²) in [4.78, 5) is 0. The van der Waals surface area contributed by atoms with Gasteiger partial charge in [0.05, 0.1) is 10.0 Å². The minimum Gasteiger partial charge on any atom is -0.316 e. The molecule has 1 aromatic rings. The molecule has 0 bridgehead atoms. The van der Waals surface area contributed by atoms with Gasteiger partial charge in [0.15, 0.2) is 0 Å². The van der Waals surface area contributed by atoms with Gasteiger partial charge in [-0.05, 0) is 56.0 Å². The van der Waals surface area contributed by atoms with Crippen molar-refractivity contribution in [2.45, 2.75) is 33.1 Å². The van der Waals surface area contributed by atoms with Crippen LogP contribution in [-0.2, 0) is 6.42 Å². The van der Waals surface area contributed by atoms with E-state index in [0.717, 1.165) is 19.5 Å². The normalized spacial score (nSPS) is 12.7. The Balaban J connectivity index is 2.31. The molecule has 0 fully saturated rings. The molecule has 0 heterocycles. The Morgan fingerprint density at radius 1 is 1.24 bits per heavy atom. The second kappa shape index (κ2) is 7.97. The minimum atomic E-state index is 0.632. The van der Waals surface area contributed by atoms with Crippen molar-refractivity contribution in [3.63, 3.8) is 0 Å². The number of aryl methyl sites for hydroxylation is 1. The molecule has 0 amide bonds. The fourth-order valence-corrected chi connectivity index (χ4v) is 2.06. The SMILES string of the molecule is CCCNCC(C)CCc1ccc(Cl)c(Cl)c1. The molecule has 0 aliphatic carbocycles. The molecule has 1 N–H and O–H groups in total. The fraction of sp³-hybridized carbons (Fsp3) is 0.571. The Morgan fingerprint density at radius 3 is 2.65 bits per heavy atom. The number of nitrogens with one attached hydrogen (secondary N) is 1. The molecule has 1 nitrogen and oxygen atoms in total. The molecule has 17 heavy (non-hydrogen) atoms. The lowest BCUT2D eigenvalue weighted by molar-refractivity contribution is 0.481. The van der Waals surface area contributed by atoms with Crippen molar-refractivity contribution in [3.05, 3.63) is 33.8 Å². The van der Waals surface area contributed by atoms with Crippen LogP contribution in [0.25, 0.3) is 0 Å². The second-order valence-electron chi connectivity index (χ2n) is 4.60. The molecule has 3 heteroatoms. The number of rotatable bonds is 7. The van der Waals surface area contributed by atoms with Gasteiger partial charge in [-0.15, -0.1) is 0 Å². The highest BCUT2D eigenvalue weighted by atomic mass is 35.5. The monoisotopic (exact) mass is 273 g/mol. The largest absolute Gasteiger partial charge is 0.316 e. The molecule has 1 rings (SSSR count). The highest BCUT2D eigenvalue weighted by molar-refractivity contribution is 6.42. The van der Waals surface area contributed by atoms with Crippen LogP contribution in [0.2, 0.25) is 10.0 Å². The summed E-state index contributed by atoms with van der Waals surface area (Å²) in [5, 5.41) is 4.73. The summed E-state index contributed by atoms with van der Waals surface area (Å²) in [6, 6.07) is 5.90. The maximum absolute atomic E-state index is 5.99. The molecule has 1 atom stereocenters. The third-order valence-electron chi connectivity index (χ3n) is 2.83. The molecule has 0 aliphatic rings. The third kappa shape index (κ3) is 5.76. The van der Waals surface area contributed by atoms with Crippen LogP contribution in [0.1, 0.15) is 32.3 Å². The van der Waals surface area contributed by atoms with Crippen molar-refractivity contribution in [1.82, 2.24) is 5.32 Å². The number of hydrogen-bond acceptors (Lipinski definition) is 1. The molecule has 1 aromatic carbocycles. The summed E-state index contributed by atoms with van der Waals surface area (Å²) in [6.07, 6.45) is 3.43. The molecule has 0 aliphatic heterocycles. The molecule has 0 saturated carbocycles. The van der Waals surface area contributed by atoms with Gasteiger partial charge in [0.2, 0.25) is 0 Å². The topological polar surface area (TPSA) is 12.0 Å². The Labute approximate surface area is 115 Å². The van der Waals surface area contributed by atoms with Crippen LogP contribution in [0.15, 0.2) is 18.2 Å². The van der Waals surface area contributed by atoms with Crippen LogP contribution in [0.4, 0.5) is 0 Å². The lowest BCUT2D eigenvalue weighted by Crippen LogP contribution is -2.22. The summed E-state index contributed by atoms with van der Waals surface area (Å²) in [7, 11) is 0. The molecule has 0 saturated heterocycles. The maximum atomic E-state index is 5.99. The van der Waals surface area contributed by atoms with E-state index in [1.165, 1.54) is 18.4 Å². The van der Waals surface area contributed by atoms with E-state index in [9.17, 15) is 0 Å². The molecule has 96 valence electrons. The quantitative estimate of drug-likeness (QED) is 0.718. The second-order valence-corrected chi connectivity index (χ2v) is 5.41. The van der Waals surface area contributed by atoms with Gasteiger partial charge in [0.25, 0.3) is 0 Å². The Hall–Kier alpha value is -0.240. The van der Waals surface area contributed by atoms with E-state index >= 15 is 0 Å². The zero-order valence-electron chi connectivity index (χ0n) is 10.6. The summed E-state index contributed by atoms with van der Waals surface area (Å²) in [5.41, 5.74) is 1.27. The van der Waals surface area contributed by atoms with Gasteiger partial charge >= 0.3 is 0 Å². The lowest BCUT2D eigenvalue weighted by atomic mass is 10.0. The van der Waals surface area contributed by atoms with Crippen molar-refractivity contribution in [3.8, 4) is 0 Å². The minimum absolute atomic E-state index is 0.632. The van der Waals surface area contributed by atoms with Crippen LogP contribution in [0.3, 0.4) is 0 Å². The van der Waals surface area contributed by atoms with Crippen LogP contribution in [0.5, 0.6) is 0 Å². The first-order valence-corrected chi connectivity index (χ1v) is 7.03. The summed E-state index contributed by atoms with van der Waals surface area (Å²) < 4.78 is 0. The molecular formula is C14H21Cl2N. The Bertz CT molecular complexity index is 339. The predicted molar refractivity (Wildman–Crippen MR) is 77.1 cm³/mol. The zero-order valence-corrected chi connectivity index (χ0v) is 12.1. The van der Waals surface area contributed by atoms with Gasteiger partial charge < -0.3 is 5.32 Å². The van der Waals surface area contributed by atoms with E-state index in [0.29, 0.717) is 16.0 Å². The van der Waals surface area contributed by atoms with Crippen LogP contribution in [0, 0.1) is 5.92 Å². The van der Waals surface area contributed by atoms with E-state index in [1.54, 1.807) is 0 Å². The summed E-state index contributed by atoms with van der Waals surface area (Å²) in [6.45, 7) is 6.67. The van der Waals surface area contributed by atoms with Crippen molar-refractivity contribution in [2.75, 3.05) is 13.1 Å². The summed E-state index contributed by atoms with van der Waals surface area (Å²) in [5.74, 6) is 0.691. The number of hydrogen-bond donors (Lipinski definition) is 1. The van der Waals surface area contributed by atoms with Crippen LogP contribution in [-0.4, -0.2) is 13.1 Å². The summed E-state index contributed by atoms with van der Waals surface area (Å²) >= 11 is 11.9. The van der Waals surface area contributed by atoms with Gasteiger partial charge in [-0.25, -0.2) is 0 Å². The van der Waals surface area contributed by atoms with Crippen molar-refractivity contribution >= 4 is 23.2 Å². The Kier molecular flexibility index (Phi) is 6.94. The molecule has 0 radical (unpaired) electrons. The third-order valence-corrected chi connectivity index (χ3v) is 3.57. The Morgan fingerprint density at radius 2 is 2.00 bits per heavy atom. The van der Waals surface area contributed by atoms with Crippen LogP contribution >= 0.6 is 23.2 Å². The van der Waals surface area contributed by atoms with Crippen molar-refractivity contribution < 1.29 is 0 Å². The molecular weight excluding hydrogens is 253 g/mol. The van der Waals surface area contributed by atoms with Gasteiger partial charge in [-0.2, -0.15) is 0 Å². The van der Waals surface area contributed by atoms with E-state index in [4.69, 9.17) is 23.2 Å². The van der Waals surface area contributed by atoms with E-state index in [1.807, 2.05) is 12.1 Å². The van der Waals surface area contributed by atoms with Gasteiger partial charge in [-0.1, -0.05) is 43.1 Å². The smallest absolute Gasteiger partial charge is 0.0595 e. The first-order valence-electron chi connectivity index (χ1n) is 6.28. The van der Waals surface area contributed by atoms with E-state index in [2.05, 4.69) is 25.2 Å². The predicted octanol–water partition coefficient (Wildman–Crippen LogP) is 4.56. The van der Waals surface area contributed by atoms with Crippen molar-refractivity contribution in [2.24, 2.45) is 5.92 Å². The average Bonchev–Trinajstić information content (AvgIpc) is 2.31. The van der Waals surface area contributed by atoms with Crippen LogP contribution < -0.4 is 5.32 Å². The maximum Gasteiger partial charge on any atom is 0.0595 e. The zero-order chi connectivity index (χ0) is 12.7.